The van der Waals surface area contributed by atoms with Crippen LogP contribution in [0, 0.1) is 6.92 Å². The maximum absolute atomic E-state index is 12.0. The summed E-state index contributed by atoms with van der Waals surface area (Å²) < 4.78 is 4.76. The number of thiophene rings is 1. The van der Waals surface area contributed by atoms with Gasteiger partial charge in [0.2, 0.25) is 5.91 Å². The molecule has 0 fully saturated rings. The Balaban J connectivity index is 2.74. The van der Waals surface area contributed by atoms with Gasteiger partial charge in [-0.2, -0.15) is 0 Å². The van der Waals surface area contributed by atoms with Crippen LogP contribution in [0.5, 0.6) is 0 Å². The summed E-state index contributed by atoms with van der Waals surface area (Å²) in [5, 5.41) is 4.71. The van der Waals surface area contributed by atoms with Crippen molar-refractivity contribution in [1.82, 2.24) is 5.32 Å². The highest BCUT2D eigenvalue weighted by molar-refractivity contribution is 7.11. The van der Waals surface area contributed by atoms with Gasteiger partial charge in [-0.1, -0.05) is 13.3 Å². The number of nitrogens with one attached hydrogen (secondary N) is 1. The summed E-state index contributed by atoms with van der Waals surface area (Å²) in [6, 6.07) is 2.00. The first kappa shape index (κ1) is 16.4. The lowest BCUT2D eigenvalue weighted by Crippen LogP contribution is -2.52. The lowest BCUT2D eigenvalue weighted by atomic mass is 9.96. The van der Waals surface area contributed by atoms with Gasteiger partial charge in [0.25, 0.3) is 0 Å². The Labute approximate surface area is 123 Å². The quantitative estimate of drug-likeness (QED) is 0.648. The fraction of sp³-hybridized carbons (Fsp3) is 0.467. The van der Waals surface area contributed by atoms with Crippen LogP contribution in [0.1, 0.15) is 37.1 Å². The second kappa shape index (κ2) is 7.24. The Morgan fingerprint density at radius 1 is 1.50 bits per heavy atom. The average molecular weight is 295 g/mol. The molecule has 0 aromatic carbocycles. The van der Waals surface area contributed by atoms with E-state index in [-0.39, 0.29) is 5.91 Å². The van der Waals surface area contributed by atoms with Gasteiger partial charge in [0.15, 0.2) is 0 Å². The van der Waals surface area contributed by atoms with Crippen molar-refractivity contribution < 1.29 is 14.3 Å². The van der Waals surface area contributed by atoms with Gasteiger partial charge in [-0.15, -0.1) is 11.3 Å². The van der Waals surface area contributed by atoms with Crippen LogP contribution >= 0.6 is 11.3 Å². The summed E-state index contributed by atoms with van der Waals surface area (Å²) >= 11 is 1.57. The molecular formula is C15H21NO3S. The van der Waals surface area contributed by atoms with Crippen LogP contribution in [0.4, 0.5) is 0 Å². The number of hydrogen-bond donors (Lipinski definition) is 1. The van der Waals surface area contributed by atoms with Crippen molar-refractivity contribution in [1.29, 1.82) is 0 Å². The molecule has 1 N–H and O–H groups in total. The maximum Gasteiger partial charge on any atom is 0.331 e. The third-order valence-electron chi connectivity index (χ3n) is 3.07. The number of amides is 1. The van der Waals surface area contributed by atoms with Crippen LogP contribution in [-0.2, 0) is 14.3 Å². The van der Waals surface area contributed by atoms with Gasteiger partial charge in [-0.25, -0.2) is 4.79 Å². The second-order valence-electron chi connectivity index (χ2n) is 4.86. The molecule has 0 spiro atoms. The summed E-state index contributed by atoms with van der Waals surface area (Å²) in [5.74, 6) is -0.715. The highest BCUT2D eigenvalue weighted by Crippen LogP contribution is 2.18. The smallest absolute Gasteiger partial charge is 0.331 e. The van der Waals surface area contributed by atoms with Gasteiger partial charge < -0.3 is 10.1 Å². The van der Waals surface area contributed by atoms with Crippen molar-refractivity contribution in [2.45, 2.75) is 39.2 Å². The lowest BCUT2D eigenvalue weighted by Gasteiger charge is -2.26. The summed E-state index contributed by atoms with van der Waals surface area (Å²) in [5.41, 5.74) is 0.151. The highest BCUT2D eigenvalue weighted by atomic mass is 32.1. The van der Waals surface area contributed by atoms with E-state index in [1.165, 1.54) is 13.2 Å². The Hall–Kier alpha value is -1.62. The zero-order valence-corrected chi connectivity index (χ0v) is 13.2. The monoisotopic (exact) mass is 295 g/mol. The molecule has 1 aromatic heterocycles. The molecule has 0 aliphatic carbocycles. The molecule has 0 bridgehead atoms. The van der Waals surface area contributed by atoms with Crippen LogP contribution in [0.15, 0.2) is 17.5 Å². The van der Waals surface area contributed by atoms with E-state index >= 15 is 0 Å². The molecule has 20 heavy (non-hydrogen) atoms. The first-order chi connectivity index (χ1) is 9.42. The third-order valence-corrected chi connectivity index (χ3v) is 4.06. The number of methoxy groups -OCH3 is 1. The van der Waals surface area contributed by atoms with Gasteiger partial charge >= 0.3 is 5.97 Å². The normalized spacial score (nSPS) is 14.0. The van der Waals surface area contributed by atoms with Crippen LogP contribution in [0.25, 0.3) is 6.08 Å². The van der Waals surface area contributed by atoms with Crippen molar-refractivity contribution in [3.8, 4) is 0 Å². The number of carbonyl (C=O) groups is 2. The average Bonchev–Trinajstić information content (AvgIpc) is 2.81. The minimum absolute atomic E-state index is 0.292. The van der Waals surface area contributed by atoms with Crippen LogP contribution in [0.3, 0.4) is 0 Å². The van der Waals surface area contributed by atoms with E-state index in [0.29, 0.717) is 6.42 Å². The Bertz CT molecular complexity index is 507. The van der Waals surface area contributed by atoms with Gasteiger partial charge in [-0.3, -0.25) is 4.79 Å². The summed E-state index contributed by atoms with van der Waals surface area (Å²) in [7, 11) is 1.33. The summed E-state index contributed by atoms with van der Waals surface area (Å²) in [6.45, 7) is 5.63. The fourth-order valence-electron chi connectivity index (χ4n) is 1.96. The molecule has 4 nitrogen and oxygen atoms in total. The molecule has 1 aromatic rings. The fourth-order valence-corrected chi connectivity index (χ4v) is 2.78. The van der Waals surface area contributed by atoms with E-state index in [2.05, 4.69) is 5.32 Å². The largest absolute Gasteiger partial charge is 0.467 e. The molecule has 0 aliphatic rings. The van der Waals surface area contributed by atoms with E-state index in [4.69, 9.17) is 4.74 Å². The Kier molecular flexibility index (Phi) is 5.95. The Morgan fingerprint density at radius 2 is 2.20 bits per heavy atom. The molecule has 0 radical (unpaired) electrons. The van der Waals surface area contributed by atoms with Crippen molar-refractivity contribution in [2.75, 3.05) is 7.11 Å². The number of rotatable bonds is 6. The molecular weight excluding hydrogens is 274 g/mol. The first-order valence-electron chi connectivity index (χ1n) is 6.55. The van der Waals surface area contributed by atoms with Crippen molar-refractivity contribution in [3.63, 3.8) is 0 Å². The number of hydrogen-bond acceptors (Lipinski definition) is 4. The predicted molar refractivity (Wildman–Crippen MR) is 81.6 cm³/mol. The highest BCUT2D eigenvalue weighted by Gasteiger charge is 2.34. The number of aryl methyl sites for hydroxylation is 1. The van der Waals surface area contributed by atoms with E-state index < -0.39 is 11.5 Å². The molecule has 0 saturated carbocycles. The molecule has 1 amide bonds. The van der Waals surface area contributed by atoms with Gasteiger partial charge in [0.1, 0.15) is 5.54 Å². The zero-order valence-electron chi connectivity index (χ0n) is 12.4. The Morgan fingerprint density at radius 3 is 2.70 bits per heavy atom. The SMILES string of the molecule is CCCC(C)(NC(=O)/C=C/c1sccc1C)C(=O)OC. The zero-order chi connectivity index (χ0) is 15.2. The van der Waals surface area contributed by atoms with Gasteiger partial charge in [0.05, 0.1) is 7.11 Å². The minimum atomic E-state index is -0.977. The van der Waals surface area contributed by atoms with Crippen LogP contribution in [0.2, 0.25) is 0 Å². The van der Waals surface area contributed by atoms with Gasteiger partial charge in [-0.05, 0) is 43.4 Å². The lowest BCUT2D eigenvalue weighted by molar-refractivity contribution is -0.150. The molecule has 1 rings (SSSR count). The van der Waals surface area contributed by atoms with E-state index in [9.17, 15) is 9.59 Å². The van der Waals surface area contributed by atoms with Crippen molar-refractivity contribution in [3.05, 3.63) is 28.0 Å². The maximum atomic E-state index is 12.0. The van der Waals surface area contributed by atoms with E-state index in [0.717, 1.165) is 16.9 Å². The summed E-state index contributed by atoms with van der Waals surface area (Å²) in [4.78, 5) is 24.8. The molecule has 1 atom stereocenters. The topological polar surface area (TPSA) is 55.4 Å². The third kappa shape index (κ3) is 4.20. The summed E-state index contributed by atoms with van der Waals surface area (Å²) in [6.07, 6.45) is 4.53. The van der Waals surface area contributed by atoms with Crippen LogP contribution < -0.4 is 5.32 Å². The predicted octanol–water partition coefficient (Wildman–Crippen LogP) is 2.92. The second-order valence-corrected chi connectivity index (χ2v) is 5.81. The first-order valence-corrected chi connectivity index (χ1v) is 7.43. The van der Waals surface area contributed by atoms with Crippen molar-refractivity contribution >= 4 is 29.3 Å². The molecule has 5 heteroatoms. The standard InChI is InChI=1S/C15H21NO3S/c1-5-9-15(3,14(18)19-4)16-13(17)7-6-12-11(2)8-10-20-12/h6-8,10H,5,9H2,1-4H3,(H,16,17)/b7-6+. The van der Waals surface area contributed by atoms with E-state index in [1.807, 2.05) is 25.3 Å². The molecule has 1 unspecified atom stereocenters. The number of esters is 1. The van der Waals surface area contributed by atoms with Crippen LogP contribution in [-0.4, -0.2) is 24.5 Å². The molecule has 1 heterocycles. The van der Waals surface area contributed by atoms with Gasteiger partial charge in [0, 0.05) is 11.0 Å². The minimum Gasteiger partial charge on any atom is -0.467 e. The number of carbonyl (C=O) groups excluding carboxylic acids is 2. The molecule has 0 saturated heterocycles. The molecule has 110 valence electrons. The number of ether oxygens (including phenoxy) is 1. The van der Waals surface area contributed by atoms with E-state index in [1.54, 1.807) is 24.3 Å². The molecule has 0 aliphatic heterocycles. The van der Waals surface area contributed by atoms with Crippen molar-refractivity contribution in [2.24, 2.45) is 0 Å².